The maximum absolute atomic E-state index is 12.5. The van der Waals surface area contributed by atoms with Crippen LogP contribution < -0.4 is 0 Å². The van der Waals surface area contributed by atoms with Crippen LogP contribution in [0.25, 0.3) is 10.6 Å². The summed E-state index contributed by atoms with van der Waals surface area (Å²) in [6, 6.07) is 16.1. The van der Waals surface area contributed by atoms with E-state index in [4.69, 9.17) is 5.11 Å². The predicted molar refractivity (Wildman–Crippen MR) is 89.1 cm³/mol. The molecular formula is C18H13NO3S. The lowest BCUT2D eigenvalue weighted by Gasteiger charge is -2.03. The van der Waals surface area contributed by atoms with Crippen LogP contribution in [0.1, 0.15) is 31.3 Å². The van der Waals surface area contributed by atoms with E-state index in [-0.39, 0.29) is 10.7 Å². The van der Waals surface area contributed by atoms with Gasteiger partial charge < -0.3 is 5.11 Å². The van der Waals surface area contributed by atoms with Crippen molar-refractivity contribution in [1.29, 1.82) is 0 Å². The summed E-state index contributed by atoms with van der Waals surface area (Å²) >= 11 is 1.11. The van der Waals surface area contributed by atoms with Gasteiger partial charge in [0, 0.05) is 16.7 Å². The number of carboxylic acids is 1. The average molecular weight is 323 g/mol. The van der Waals surface area contributed by atoms with Gasteiger partial charge in [-0.25, -0.2) is 9.78 Å². The lowest BCUT2D eigenvalue weighted by molar-refractivity contribution is 0.0701. The molecule has 0 aliphatic rings. The second-order valence-electron chi connectivity index (χ2n) is 5.01. The maximum atomic E-state index is 12.5. The van der Waals surface area contributed by atoms with Crippen molar-refractivity contribution in [1.82, 2.24) is 4.98 Å². The molecule has 0 bridgehead atoms. The van der Waals surface area contributed by atoms with Crippen molar-refractivity contribution in [2.24, 2.45) is 0 Å². The van der Waals surface area contributed by atoms with Crippen molar-refractivity contribution in [3.8, 4) is 10.6 Å². The Bertz CT molecular complexity index is 884. The minimum Gasteiger partial charge on any atom is -0.477 e. The van der Waals surface area contributed by atoms with Crippen molar-refractivity contribution in [3.05, 3.63) is 76.3 Å². The number of thiazole rings is 1. The highest BCUT2D eigenvalue weighted by Crippen LogP contribution is 2.29. The number of rotatable bonds is 4. The fraction of sp³-hybridized carbons (Fsp3) is 0.0556. The summed E-state index contributed by atoms with van der Waals surface area (Å²) < 4.78 is 0. The smallest absolute Gasteiger partial charge is 0.347 e. The molecule has 0 fully saturated rings. The quantitative estimate of drug-likeness (QED) is 0.736. The van der Waals surface area contributed by atoms with Gasteiger partial charge in [-0.3, -0.25) is 4.79 Å². The number of aromatic carboxylic acids is 1. The van der Waals surface area contributed by atoms with Gasteiger partial charge in [-0.1, -0.05) is 48.5 Å². The van der Waals surface area contributed by atoms with Crippen molar-refractivity contribution in [2.45, 2.75) is 6.92 Å². The number of ketones is 1. The molecule has 23 heavy (non-hydrogen) atoms. The Morgan fingerprint density at radius 2 is 1.70 bits per heavy atom. The molecule has 0 unspecified atom stereocenters. The summed E-state index contributed by atoms with van der Waals surface area (Å²) in [5.41, 5.74) is 2.40. The molecule has 4 nitrogen and oxygen atoms in total. The number of aryl methyl sites for hydroxylation is 1. The van der Waals surface area contributed by atoms with E-state index in [9.17, 15) is 9.59 Å². The molecule has 1 N–H and O–H groups in total. The first-order valence-corrected chi connectivity index (χ1v) is 7.79. The van der Waals surface area contributed by atoms with E-state index in [1.807, 2.05) is 24.3 Å². The molecule has 0 saturated carbocycles. The molecule has 0 saturated heterocycles. The monoisotopic (exact) mass is 323 g/mol. The van der Waals surface area contributed by atoms with Crippen molar-refractivity contribution < 1.29 is 14.7 Å². The standard InChI is InChI=1S/C18H13NO3S/c1-11-16(18(21)22)23-17(19-11)14-9-5-8-13(10-14)15(20)12-6-3-2-4-7-12/h2-10H,1H3,(H,21,22). The summed E-state index contributed by atoms with van der Waals surface area (Å²) in [6.45, 7) is 1.67. The van der Waals surface area contributed by atoms with Crippen LogP contribution in [-0.4, -0.2) is 21.8 Å². The Morgan fingerprint density at radius 3 is 2.35 bits per heavy atom. The molecule has 2 aromatic carbocycles. The molecule has 0 aliphatic carbocycles. The Hall–Kier alpha value is -2.79. The van der Waals surface area contributed by atoms with Gasteiger partial charge in [0.1, 0.15) is 9.88 Å². The Kier molecular flexibility index (Phi) is 4.04. The Morgan fingerprint density at radius 1 is 1.00 bits per heavy atom. The molecule has 5 heteroatoms. The minimum absolute atomic E-state index is 0.0702. The van der Waals surface area contributed by atoms with Crippen LogP contribution in [-0.2, 0) is 0 Å². The summed E-state index contributed by atoms with van der Waals surface area (Å²) in [7, 11) is 0. The molecule has 0 spiro atoms. The highest BCUT2D eigenvalue weighted by Gasteiger charge is 2.16. The van der Waals surface area contributed by atoms with Crippen LogP contribution in [0.4, 0.5) is 0 Å². The van der Waals surface area contributed by atoms with E-state index in [0.717, 1.165) is 16.9 Å². The van der Waals surface area contributed by atoms with E-state index < -0.39 is 5.97 Å². The largest absolute Gasteiger partial charge is 0.477 e. The molecule has 1 aromatic heterocycles. The molecule has 0 radical (unpaired) electrons. The fourth-order valence-electron chi connectivity index (χ4n) is 2.27. The van der Waals surface area contributed by atoms with Crippen LogP contribution in [0.5, 0.6) is 0 Å². The van der Waals surface area contributed by atoms with Crippen LogP contribution in [0.15, 0.2) is 54.6 Å². The maximum Gasteiger partial charge on any atom is 0.347 e. The van der Waals surface area contributed by atoms with Gasteiger partial charge in [0.25, 0.3) is 0 Å². The Labute approximate surface area is 137 Å². The molecule has 114 valence electrons. The number of nitrogens with zero attached hydrogens (tertiary/aromatic N) is 1. The van der Waals surface area contributed by atoms with E-state index >= 15 is 0 Å². The molecule has 0 aliphatic heterocycles. The molecular weight excluding hydrogens is 310 g/mol. The van der Waals surface area contributed by atoms with E-state index in [0.29, 0.717) is 21.8 Å². The molecule has 3 rings (SSSR count). The van der Waals surface area contributed by atoms with Gasteiger partial charge in [-0.2, -0.15) is 0 Å². The molecule has 1 heterocycles. The lowest BCUT2D eigenvalue weighted by atomic mass is 10.0. The third-order valence-electron chi connectivity index (χ3n) is 3.40. The SMILES string of the molecule is Cc1nc(-c2cccc(C(=O)c3ccccc3)c2)sc1C(=O)O. The molecule has 0 amide bonds. The van der Waals surface area contributed by atoms with Gasteiger partial charge in [0.15, 0.2) is 5.78 Å². The third kappa shape index (κ3) is 3.05. The first-order valence-electron chi connectivity index (χ1n) is 6.97. The summed E-state index contributed by atoms with van der Waals surface area (Å²) in [5, 5.41) is 9.73. The molecule has 3 aromatic rings. The zero-order valence-electron chi connectivity index (χ0n) is 12.3. The van der Waals surface area contributed by atoms with Crippen LogP contribution >= 0.6 is 11.3 Å². The van der Waals surface area contributed by atoms with Gasteiger partial charge in [0.05, 0.1) is 5.69 Å². The topological polar surface area (TPSA) is 67.3 Å². The first kappa shape index (κ1) is 15.1. The number of hydrogen-bond donors (Lipinski definition) is 1. The zero-order valence-corrected chi connectivity index (χ0v) is 13.1. The van der Waals surface area contributed by atoms with Gasteiger partial charge in [-0.05, 0) is 13.0 Å². The van der Waals surface area contributed by atoms with Gasteiger partial charge in [-0.15, -0.1) is 11.3 Å². The number of hydrogen-bond acceptors (Lipinski definition) is 4. The van der Waals surface area contributed by atoms with E-state index in [1.54, 1.807) is 37.3 Å². The number of aromatic nitrogens is 1. The zero-order chi connectivity index (χ0) is 16.4. The van der Waals surface area contributed by atoms with E-state index in [2.05, 4.69) is 4.98 Å². The highest BCUT2D eigenvalue weighted by atomic mass is 32.1. The molecule has 0 atom stereocenters. The second kappa shape index (κ2) is 6.14. The van der Waals surface area contributed by atoms with Crippen LogP contribution in [0, 0.1) is 6.92 Å². The van der Waals surface area contributed by atoms with E-state index in [1.165, 1.54) is 0 Å². The van der Waals surface area contributed by atoms with Crippen molar-refractivity contribution in [3.63, 3.8) is 0 Å². The van der Waals surface area contributed by atoms with Crippen LogP contribution in [0.2, 0.25) is 0 Å². The number of benzene rings is 2. The van der Waals surface area contributed by atoms with Crippen LogP contribution in [0.3, 0.4) is 0 Å². The minimum atomic E-state index is -0.984. The average Bonchev–Trinajstić information content (AvgIpc) is 2.97. The summed E-state index contributed by atoms with van der Waals surface area (Å²) in [4.78, 5) is 28.2. The first-order chi connectivity index (χ1) is 11.1. The lowest BCUT2D eigenvalue weighted by Crippen LogP contribution is -2.00. The number of carboxylic acid groups (broad SMARTS) is 1. The number of carbonyl (C=O) groups is 2. The normalized spacial score (nSPS) is 10.5. The summed E-state index contributed by atoms with van der Waals surface area (Å²) in [5.74, 6) is -1.05. The summed E-state index contributed by atoms with van der Waals surface area (Å²) in [6.07, 6.45) is 0. The third-order valence-corrected chi connectivity index (χ3v) is 4.59. The highest BCUT2D eigenvalue weighted by molar-refractivity contribution is 7.17. The van der Waals surface area contributed by atoms with Crippen molar-refractivity contribution >= 4 is 23.1 Å². The fourth-order valence-corrected chi connectivity index (χ4v) is 3.17. The van der Waals surface area contributed by atoms with Gasteiger partial charge in [0.2, 0.25) is 0 Å². The predicted octanol–water partition coefficient (Wildman–Crippen LogP) is 4.05. The van der Waals surface area contributed by atoms with Gasteiger partial charge >= 0.3 is 5.97 Å². The number of carbonyl (C=O) groups excluding carboxylic acids is 1. The Balaban J connectivity index is 1.99. The van der Waals surface area contributed by atoms with Crippen molar-refractivity contribution in [2.75, 3.05) is 0 Å². The second-order valence-corrected chi connectivity index (χ2v) is 6.01.